The van der Waals surface area contributed by atoms with Gasteiger partial charge in [-0.1, -0.05) is 23.9 Å². The first-order chi connectivity index (χ1) is 13.0. The number of hydrogen-bond donors (Lipinski definition) is 1. The molecule has 0 aliphatic rings. The number of Topliss-reactive ketones (excluding diaryl/α,β-unsaturated/α-hetero) is 1. The summed E-state index contributed by atoms with van der Waals surface area (Å²) in [7, 11) is 0. The van der Waals surface area contributed by atoms with Crippen molar-refractivity contribution in [2.24, 2.45) is 0 Å². The van der Waals surface area contributed by atoms with Crippen molar-refractivity contribution in [2.45, 2.75) is 18.7 Å². The second-order valence-electron chi connectivity index (χ2n) is 5.50. The molecule has 1 amide bonds. The number of ketones is 1. The molecule has 2 aromatic heterocycles. The average molecular weight is 404 g/mol. The molecule has 0 radical (unpaired) electrons. The monoisotopic (exact) mass is 404 g/mol. The van der Waals surface area contributed by atoms with Gasteiger partial charge in [0, 0.05) is 11.8 Å². The van der Waals surface area contributed by atoms with Crippen LogP contribution < -0.4 is 5.32 Å². The average Bonchev–Trinajstić information content (AvgIpc) is 3.29. The summed E-state index contributed by atoms with van der Waals surface area (Å²) in [5.41, 5.74) is 1.37. The summed E-state index contributed by atoms with van der Waals surface area (Å²) in [5.74, 6) is -0.945. The van der Waals surface area contributed by atoms with E-state index in [-0.39, 0.29) is 24.1 Å². The Labute approximate surface area is 163 Å². The highest BCUT2D eigenvalue weighted by Crippen LogP contribution is 2.23. The number of carbonyl (C=O) groups is 3. The van der Waals surface area contributed by atoms with Gasteiger partial charge in [-0.2, -0.15) is 0 Å². The summed E-state index contributed by atoms with van der Waals surface area (Å²) in [4.78, 5) is 40.4. The number of hydrogen-bond acceptors (Lipinski definition) is 8. The summed E-state index contributed by atoms with van der Waals surface area (Å²) in [5, 5.41) is 3.04. The van der Waals surface area contributed by atoms with Crippen LogP contribution in [-0.2, 0) is 20.9 Å². The molecule has 27 heavy (non-hydrogen) atoms. The van der Waals surface area contributed by atoms with Crippen molar-refractivity contribution >= 4 is 51.9 Å². The molecule has 0 fully saturated rings. The van der Waals surface area contributed by atoms with E-state index in [9.17, 15) is 14.4 Å². The summed E-state index contributed by atoms with van der Waals surface area (Å²) in [6.07, 6.45) is 0. The van der Waals surface area contributed by atoms with Gasteiger partial charge in [-0.15, -0.1) is 11.3 Å². The van der Waals surface area contributed by atoms with Gasteiger partial charge in [0.05, 0.1) is 11.4 Å². The van der Waals surface area contributed by atoms with Crippen molar-refractivity contribution < 1.29 is 23.5 Å². The van der Waals surface area contributed by atoms with Crippen LogP contribution in [0.4, 0.5) is 0 Å². The van der Waals surface area contributed by atoms with Crippen LogP contribution >= 0.6 is 23.1 Å². The number of thioether (sulfide) groups is 1. The van der Waals surface area contributed by atoms with Crippen LogP contribution in [0.5, 0.6) is 0 Å². The Morgan fingerprint density at radius 1 is 1.22 bits per heavy atom. The van der Waals surface area contributed by atoms with Gasteiger partial charge in [0.2, 0.25) is 11.7 Å². The maximum absolute atomic E-state index is 12.1. The number of nitrogens with one attached hydrogen (secondary N) is 1. The zero-order valence-electron chi connectivity index (χ0n) is 14.4. The topological polar surface area (TPSA) is 98.5 Å². The van der Waals surface area contributed by atoms with Gasteiger partial charge in [-0.05, 0) is 24.3 Å². The first-order valence-electron chi connectivity index (χ1n) is 8.01. The number of carbonyl (C=O) groups excluding carboxylic acids is 3. The zero-order valence-corrected chi connectivity index (χ0v) is 16.0. The molecular weight excluding hydrogens is 388 g/mol. The number of rotatable bonds is 8. The van der Waals surface area contributed by atoms with E-state index in [1.54, 1.807) is 18.2 Å². The molecule has 1 aromatic carbocycles. The normalized spacial score (nSPS) is 10.7. The largest absolute Gasteiger partial charge is 0.457 e. The number of oxazole rings is 1. The second-order valence-corrected chi connectivity index (χ2v) is 7.59. The highest BCUT2D eigenvalue weighted by molar-refractivity contribution is 7.99. The quantitative estimate of drug-likeness (QED) is 0.350. The lowest BCUT2D eigenvalue weighted by Gasteiger charge is -2.02. The molecule has 0 unspecified atom stereocenters. The SMILES string of the molecule is CC(=O)NCc1ccc(C(=O)COC(=O)CSc2nc3ccccc3o2)s1. The number of nitrogens with zero attached hydrogens (tertiary/aromatic N) is 1. The lowest BCUT2D eigenvalue weighted by molar-refractivity contribution is -0.139. The van der Waals surface area contributed by atoms with E-state index in [0.717, 1.165) is 22.2 Å². The molecule has 0 aliphatic carbocycles. The number of fused-ring (bicyclic) bond motifs is 1. The van der Waals surface area contributed by atoms with Crippen molar-refractivity contribution in [1.29, 1.82) is 0 Å². The van der Waals surface area contributed by atoms with Gasteiger partial charge in [-0.3, -0.25) is 14.4 Å². The maximum atomic E-state index is 12.1. The minimum atomic E-state index is -0.523. The molecule has 0 saturated carbocycles. The number of amides is 1. The van der Waals surface area contributed by atoms with E-state index >= 15 is 0 Å². The lowest BCUT2D eigenvalue weighted by atomic mass is 10.3. The van der Waals surface area contributed by atoms with Crippen molar-refractivity contribution in [3.63, 3.8) is 0 Å². The van der Waals surface area contributed by atoms with E-state index in [4.69, 9.17) is 9.15 Å². The Kier molecular flexibility index (Phi) is 6.25. The molecule has 0 bridgehead atoms. The van der Waals surface area contributed by atoms with E-state index in [2.05, 4.69) is 10.3 Å². The number of ether oxygens (including phenoxy) is 1. The van der Waals surface area contributed by atoms with Gasteiger partial charge in [-0.25, -0.2) is 4.98 Å². The molecule has 3 rings (SSSR count). The van der Waals surface area contributed by atoms with Gasteiger partial charge in [0.1, 0.15) is 11.3 Å². The fourth-order valence-corrected chi connectivity index (χ4v) is 3.63. The van der Waals surface area contributed by atoms with Crippen molar-refractivity contribution in [3.05, 3.63) is 46.2 Å². The standard InChI is InChI=1S/C18H16N2O5S2/c1-11(21)19-8-12-6-7-16(27-12)14(22)9-24-17(23)10-26-18-20-13-4-2-3-5-15(13)25-18/h2-7H,8-10H2,1H3,(H,19,21). The van der Waals surface area contributed by atoms with Crippen molar-refractivity contribution in [2.75, 3.05) is 12.4 Å². The smallest absolute Gasteiger partial charge is 0.316 e. The molecule has 2 heterocycles. The number of esters is 1. The van der Waals surface area contributed by atoms with Crippen molar-refractivity contribution in [3.8, 4) is 0 Å². The fraction of sp³-hybridized carbons (Fsp3) is 0.222. The number of aromatic nitrogens is 1. The number of benzene rings is 1. The minimum absolute atomic E-state index is 0.00166. The Hall–Kier alpha value is -2.65. The first kappa shape index (κ1) is 19.1. The maximum Gasteiger partial charge on any atom is 0.316 e. The number of para-hydroxylation sites is 2. The molecule has 7 nitrogen and oxygen atoms in total. The van der Waals surface area contributed by atoms with Crippen LogP contribution in [0.15, 0.2) is 46.0 Å². The van der Waals surface area contributed by atoms with Crippen LogP contribution in [0.25, 0.3) is 11.1 Å². The van der Waals surface area contributed by atoms with Crippen LogP contribution in [0.1, 0.15) is 21.5 Å². The van der Waals surface area contributed by atoms with E-state index in [1.807, 2.05) is 18.2 Å². The van der Waals surface area contributed by atoms with Crippen LogP contribution in [0.3, 0.4) is 0 Å². The van der Waals surface area contributed by atoms with Gasteiger partial charge < -0.3 is 14.5 Å². The molecule has 0 spiro atoms. The van der Waals surface area contributed by atoms with Gasteiger partial charge in [0.25, 0.3) is 5.22 Å². The first-order valence-corrected chi connectivity index (χ1v) is 9.82. The highest BCUT2D eigenvalue weighted by atomic mass is 32.2. The van der Waals surface area contributed by atoms with E-state index < -0.39 is 5.97 Å². The predicted molar refractivity (Wildman–Crippen MR) is 102 cm³/mol. The summed E-state index contributed by atoms with van der Waals surface area (Å²) < 4.78 is 10.5. The van der Waals surface area contributed by atoms with Gasteiger partial charge >= 0.3 is 5.97 Å². The van der Waals surface area contributed by atoms with Gasteiger partial charge in [0.15, 0.2) is 12.2 Å². The molecule has 140 valence electrons. The third-order valence-electron chi connectivity index (χ3n) is 3.40. The molecule has 0 saturated heterocycles. The molecule has 0 aliphatic heterocycles. The Bertz CT molecular complexity index is 946. The Balaban J connectivity index is 1.44. The second kappa shape index (κ2) is 8.83. The summed E-state index contributed by atoms with van der Waals surface area (Å²) >= 11 is 2.38. The fourth-order valence-electron chi connectivity index (χ4n) is 2.13. The molecular formula is C18H16N2O5S2. The summed E-state index contributed by atoms with van der Waals surface area (Å²) in [6.45, 7) is 1.47. The van der Waals surface area contributed by atoms with E-state index in [1.165, 1.54) is 18.3 Å². The third-order valence-corrected chi connectivity index (χ3v) is 5.33. The Morgan fingerprint density at radius 2 is 2.04 bits per heavy atom. The predicted octanol–water partition coefficient (Wildman–Crippen LogP) is 3.04. The molecule has 0 atom stereocenters. The van der Waals surface area contributed by atoms with E-state index in [0.29, 0.717) is 22.2 Å². The van der Waals surface area contributed by atoms with Crippen LogP contribution in [0, 0.1) is 0 Å². The summed E-state index contributed by atoms with van der Waals surface area (Å²) in [6, 6.07) is 10.7. The number of thiophene rings is 1. The zero-order chi connectivity index (χ0) is 19.2. The van der Waals surface area contributed by atoms with Crippen LogP contribution in [0.2, 0.25) is 0 Å². The highest BCUT2D eigenvalue weighted by Gasteiger charge is 2.14. The lowest BCUT2D eigenvalue weighted by Crippen LogP contribution is -2.18. The van der Waals surface area contributed by atoms with Crippen LogP contribution in [-0.4, -0.2) is 35.0 Å². The molecule has 9 heteroatoms. The third kappa shape index (κ3) is 5.41. The minimum Gasteiger partial charge on any atom is -0.457 e. The molecule has 3 aromatic rings. The van der Waals surface area contributed by atoms with Crippen molar-refractivity contribution in [1.82, 2.24) is 10.3 Å². The Morgan fingerprint density at radius 3 is 2.81 bits per heavy atom. The molecule has 1 N–H and O–H groups in total.